The molecular formula is C12H12N2OS2. The van der Waals surface area contributed by atoms with Crippen LogP contribution < -0.4 is 5.32 Å². The van der Waals surface area contributed by atoms with Crippen molar-refractivity contribution >= 4 is 28.6 Å². The van der Waals surface area contributed by atoms with Crippen LogP contribution in [-0.2, 0) is 0 Å². The summed E-state index contributed by atoms with van der Waals surface area (Å²) in [4.78, 5) is 18.0. The van der Waals surface area contributed by atoms with E-state index in [2.05, 4.69) is 17.2 Å². The van der Waals surface area contributed by atoms with Crippen molar-refractivity contribution in [1.82, 2.24) is 10.3 Å². The lowest BCUT2D eigenvalue weighted by Gasteiger charge is -1.99. The molecule has 88 valence electrons. The number of thiophene rings is 1. The molecule has 3 nitrogen and oxygen atoms in total. The van der Waals surface area contributed by atoms with Crippen LogP contribution in [0.25, 0.3) is 9.88 Å². The molecule has 17 heavy (non-hydrogen) atoms. The highest BCUT2D eigenvalue weighted by atomic mass is 32.1. The summed E-state index contributed by atoms with van der Waals surface area (Å²) in [6.07, 6.45) is 2.77. The van der Waals surface area contributed by atoms with Crippen molar-refractivity contribution < 1.29 is 4.79 Å². The van der Waals surface area contributed by atoms with Crippen LogP contribution in [0, 0.1) is 5.92 Å². The Morgan fingerprint density at radius 1 is 1.59 bits per heavy atom. The molecule has 5 heteroatoms. The van der Waals surface area contributed by atoms with Crippen molar-refractivity contribution in [2.45, 2.75) is 19.4 Å². The first-order valence-electron chi connectivity index (χ1n) is 5.54. The minimum absolute atomic E-state index is 0.0136. The van der Waals surface area contributed by atoms with Gasteiger partial charge in [-0.2, -0.15) is 0 Å². The van der Waals surface area contributed by atoms with Gasteiger partial charge in [-0.25, -0.2) is 4.98 Å². The number of amides is 1. The average Bonchev–Trinajstić information content (AvgIpc) is 2.86. The third-order valence-electron chi connectivity index (χ3n) is 2.89. The van der Waals surface area contributed by atoms with E-state index in [1.54, 1.807) is 17.5 Å². The Morgan fingerprint density at radius 2 is 2.41 bits per heavy atom. The van der Waals surface area contributed by atoms with Crippen LogP contribution in [0.2, 0.25) is 0 Å². The van der Waals surface area contributed by atoms with Crippen molar-refractivity contribution in [2.75, 3.05) is 0 Å². The molecule has 2 heterocycles. The van der Waals surface area contributed by atoms with E-state index < -0.39 is 0 Å². The zero-order valence-electron chi connectivity index (χ0n) is 9.34. The molecule has 0 saturated heterocycles. The number of hydrogen-bond acceptors (Lipinski definition) is 4. The summed E-state index contributed by atoms with van der Waals surface area (Å²) < 4.78 is 0. The molecular weight excluding hydrogens is 252 g/mol. The van der Waals surface area contributed by atoms with E-state index in [4.69, 9.17) is 0 Å². The molecule has 1 fully saturated rings. The number of rotatable bonds is 3. The molecule has 1 aliphatic carbocycles. The van der Waals surface area contributed by atoms with Crippen molar-refractivity contribution in [1.29, 1.82) is 0 Å². The highest BCUT2D eigenvalue weighted by Crippen LogP contribution is 2.31. The molecule has 0 spiro atoms. The molecule has 1 amide bonds. The van der Waals surface area contributed by atoms with Gasteiger partial charge in [0.1, 0.15) is 9.88 Å². The highest BCUT2D eigenvalue weighted by molar-refractivity contribution is 7.21. The van der Waals surface area contributed by atoms with Gasteiger partial charge in [0.2, 0.25) is 0 Å². The third kappa shape index (κ3) is 2.25. The summed E-state index contributed by atoms with van der Waals surface area (Å²) >= 11 is 3.10. The van der Waals surface area contributed by atoms with Crippen LogP contribution >= 0.6 is 22.7 Å². The van der Waals surface area contributed by atoms with Crippen molar-refractivity contribution in [3.63, 3.8) is 0 Å². The Kier molecular flexibility index (Phi) is 2.72. The zero-order valence-corrected chi connectivity index (χ0v) is 11.0. The van der Waals surface area contributed by atoms with Gasteiger partial charge in [-0.3, -0.25) is 4.79 Å². The predicted octanol–water partition coefficient (Wildman–Crippen LogP) is 3.01. The normalized spacial score (nSPS) is 22.4. The van der Waals surface area contributed by atoms with Crippen LogP contribution in [0.4, 0.5) is 0 Å². The molecule has 0 aliphatic heterocycles. The first-order valence-corrected chi connectivity index (χ1v) is 7.24. The Hall–Kier alpha value is -1.20. The highest BCUT2D eigenvalue weighted by Gasteiger charge is 2.34. The van der Waals surface area contributed by atoms with E-state index in [-0.39, 0.29) is 5.91 Å². The van der Waals surface area contributed by atoms with Gasteiger partial charge in [-0.1, -0.05) is 13.0 Å². The van der Waals surface area contributed by atoms with E-state index in [9.17, 15) is 4.79 Å². The number of nitrogens with zero attached hydrogens (tertiary/aromatic N) is 1. The fraction of sp³-hybridized carbons (Fsp3) is 0.333. The molecule has 0 bridgehead atoms. The summed E-state index contributed by atoms with van der Waals surface area (Å²) in [5.74, 6) is 0.642. The second kappa shape index (κ2) is 4.23. The molecule has 1 N–H and O–H groups in total. The van der Waals surface area contributed by atoms with Crippen LogP contribution in [0.3, 0.4) is 0 Å². The summed E-state index contributed by atoms with van der Waals surface area (Å²) in [6.45, 7) is 2.15. The van der Waals surface area contributed by atoms with E-state index in [0.29, 0.717) is 16.8 Å². The summed E-state index contributed by atoms with van der Waals surface area (Å²) in [6, 6.07) is 4.39. The number of nitrogens with one attached hydrogen (secondary N) is 1. The summed E-state index contributed by atoms with van der Waals surface area (Å²) in [7, 11) is 0. The number of carbonyl (C=O) groups is 1. The monoisotopic (exact) mass is 264 g/mol. The predicted molar refractivity (Wildman–Crippen MR) is 70.5 cm³/mol. The quantitative estimate of drug-likeness (QED) is 0.926. The Bertz CT molecular complexity index is 532. The SMILES string of the molecule is CC1CC1NC(=O)c1cnc(-c2cccs2)s1. The largest absolute Gasteiger partial charge is 0.348 e. The standard InChI is InChI=1S/C12H12N2OS2/c1-7-5-8(7)14-11(15)10-6-13-12(17-10)9-3-2-4-16-9/h2-4,6-8H,5H2,1H3,(H,14,15). The van der Waals surface area contributed by atoms with Gasteiger partial charge in [0, 0.05) is 6.04 Å². The van der Waals surface area contributed by atoms with Gasteiger partial charge in [0.15, 0.2) is 0 Å². The van der Waals surface area contributed by atoms with Crippen LogP contribution in [0.15, 0.2) is 23.7 Å². The van der Waals surface area contributed by atoms with Crippen LogP contribution in [-0.4, -0.2) is 16.9 Å². The summed E-state index contributed by atoms with van der Waals surface area (Å²) in [5, 5.41) is 5.95. The first kappa shape index (κ1) is 10.9. The minimum Gasteiger partial charge on any atom is -0.348 e. The Balaban J connectivity index is 1.74. The van der Waals surface area contributed by atoms with Gasteiger partial charge in [-0.05, 0) is 23.8 Å². The second-order valence-electron chi connectivity index (χ2n) is 4.30. The van der Waals surface area contributed by atoms with Crippen molar-refractivity contribution in [3.8, 4) is 9.88 Å². The van der Waals surface area contributed by atoms with E-state index >= 15 is 0 Å². The van der Waals surface area contributed by atoms with Gasteiger partial charge in [0.05, 0.1) is 11.1 Å². The molecule has 0 aromatic carbocycles. The fourth-order valence-corrected chi connectivity index (χ4v) is 3.28. The number of aromatic nitrogens is 1. The van der Waals surface area contributed by atoms with Gasteiger partial charge in [0.25, 0.3) is 5.91 Å². The molecule has 1 aliphatic rings. The molecule has 0 radical (unpaired) electrons. The molecule has 2 aromatic rings. The molecule has 2 aromatic heterocycles. The van der Waals surface area contributed by atoms with Crippen molar-refractivity contribution in [3.05, 3.63) is 28.6 Å². The number of carbonyl (C=O) groups excluding carboxylic acids is 1. The smallest absolute Gasteiger partial charge is 0.263 e. The van der Waals surface area contributed by atoms with Gasteiger partial charge < -0.3 is 5.32 Å². The maximum atomic E-state index is 11.9. The molecule has 2 unspecified atom stereocenters. The molecule has 1 saturated carbocycles. The second-order valence-corrected chi connectivity index (χ2v) is 6.28. The number of hydrogen-bond donors (Lipinski definition) is 1. The Labute approximate surface area is 108 Å². The summed E-state index contributed by atoms with van der Waals surface area (Å²) in [5.41, 5.74) is 0. The topological polar surface area (TPSA) is 42.0 Å². The lowest BCUT2D eigenvalue weighted by molar-refractivity contribution is 0.0953. The average molecular weight is 264 g/mol. The zero-order chi connectivity index (χ0) is 11.8. The fourth-order valence-electron chi connectivity index (χ4n) is 1.66. The number of thiazole rings is 1. The van der Waals surface area contributed by atoms with Gasteiger partial charge >= 0.3 is 0 Å². The van der Waals surface area contributed by atoms with E-state index in [0.717, 1.165) is 16.3 Å². The van der Waals surface area contributed by atoms with Gasteiger partial charge in [-0.15, -0.1) is 22.7 Å². The molecule has 3 rings (SSSR count). The Morgan fingerprint density at radius 3 is 3.06 bits per heavy atom. The maximum absolute atomic E-state index is 11.9. The van der Waals surface area contributed by atoms with E-state index in [1.165, 1.54) is 11.3 Å². The van der Waals surface area contributed by atoms with E-state index in [1.807, 2.05) is 17.5 Å². The van der Waals surface area contributed by atoms with Crippen LogP contribution in [0.1, 0.15) is 23.0 Å². The minimum atomic E-state index is 0.0136. The lowest BCUT2D eigenvalue weighted by Crippen LogP contribution is -2.25. The third-order valence-corrected chi connectivity index (χ3v) is 4.92. The first-order chi connectivity index (χ1) is 8.24. The lowest BCUT2D eigenvalue weighted by atomic mass is 10.4. The van der Waals surface area contributed by atoms with Crippen LogP contribution in [0.5, 0.6) is 0 Å². The maximum Gasteiger partial charge on any atom is 0.263 e. The van der Waals surface area contributed by atoms with Crippen molar-refractivity contribution in [2.24, 2.45) is 5.92 Å². The molecule has 2 atom stereocenters.